The fourth-order valence-corrected chi connectivity index (χ4v) is 4.28. The summed E-state index contributed by atoms with van der Waals surface area (Å²) in [6.07, 6.45) is 1.83. The first-order valence-electron chi connectivity index (χ1n) is 8.15. The van der Waals surface area contributed by atoms with E-state index < -0.39 is 6.09 Å². The van der Waals surface area contributed by atoms with Gasteiger partial charge in [-0.2, -0.15) is 0 Å². The molecule has 0 saturated carbocycles. The van der Waals surface area contributed by atoms with E-state index in [1.165, 1.54) is 11.3 Å². The van der Waals surface area contributed by atoms with Crippen LogP contribution in [0.3, 0.4) is 0 Å². The molecule has 0 bridgehead atoms. The molecule has 3 heterocycles. The van der Waals surface area contributed by atoms with E-state index in [0.29, 0.717) is 36.1 Å². The van der Waals surface area contributed by atoms with Gasteiger partial charge < -0.3 is 9.64 Å². The Bertz CT molecular complexity index is 773. The summed E-state index contributed by atoms with van der Waals surface area (Å²) in [7, 11) is 0. The van der Waals surface area contributed by atoms with Gasteiger partial charge in [-0.15, -0.1) is 5.10 Å². The monoisotopic (exact) mass is 381 g/mol. The van der Waals surface area contributed by atoms with Crippen molar-refractivity contribution in [1.82, 2.24) is 19.5 Å². The zero-order valence-corrected chi connectivity index (χ0v) is 15.7. The first kappa shape index (κ1) is 17.7. The molecule has 0 aromatic carbocycles. The third kappa shape index (κ3) is 3.96. The molecule has 25 heavy (non-hydrogen) atoms. The van der Waals surface area contributed by atoms with Crippen molar-refractivity contribution in [3.63, 3.8) is 0 Å². The predicted octanol–water partition coefficient (Wildman–Crippen LogP) is 2.71. The molecule has 0 atom stereocenters. The Balaban J connectivity index is 1.70. The smallest absolute Gasteiger partial charge is 0.413 e. The highest BCUT2D eigenvalue weighted by Crippen LogP contribution is 2.29. The van der Waals surface area contributed by atoms with Gasteiger partial charge >= 0.3 is 6.09 Å². The number of carbonyl (C=O) groups excluding carboxylic acids is 2. The van der Waals surface area contributed by atoms with Crippen LogP contribution < -0.4 is 5.32 Å². The molecule has 0 fully saturated rings. The van der Waals surface area contributed by atoms with Gasteiger partial charge in [0.2, 0.25) is 0 Å². The maximum absolute atomic E-state index is 12.8. The number of fused-ring (bicyclic) bond motifs is 1. The summed E-state index contributed by atoms with van der Waals surface area (Å²) in [5.41, 5.74) is 1.70. The molecule has 3 rings (SSSR count). The zero-order chi connectivity index (χ0) is 17.8. The fourth-order valence-electron chi connectivity index (χ4n) is 2.59. The van der Waals surface area contributed by atoms with Crippen LogP contribution in [0.1, 0.15) is 46.2 Å². The van der Waals surface area contributed by atoms with E-state index in [0.717, 1.165) is 40.6 Å². The summed E-state index contributed by atoms with van der Waals surface area (Å²) < 4.78 is 8.79. The Kier molecular flexibility index (Phi) is 5.59. The lowest BCUT2D eigenvalue weighted by molar-refractivity contribution is 0.0739. The summed E-state index contributed by atoms with van der Waals surface area (Å²) in [5.74, 6) is -0.0302. The standard InChI is InChI=1S/C15H19N5O3S2/c1-3-5-10-12(25-19-18-10)13(21)20-7-6-9-11(8-20)24-14(16-9)17-15(22)23-4-2/h3-8H2,1-2H3,(H,16,17,22). The predicted molar refractivity (Wildman–Crippen MR) is 95.1 cm³/mol. The largest absolute Gasteiger partial charge is 0.450 e. The normalized spacial score (nSPS) is 13.4. The van der Waals surface area contributed by atoms with Gasteiger partial charge in [-0.05, 0) is 24.9 Å². The van der Waals surface area contributed by atoms with Crippen molar-refractivity contribution in [1.29, 1.82) is 0 Å². The number of aromatic nitrogens is 3. The van der Waals surface area contributed by atoms with E-state index in [2.05, 4.69) is 26.8 Å². The van der Waals surface area contributed by atoms with Crippen molar-refractivity contribution in [2.45, 2.75) is 39.7 Å². The molecule has 0 saturated heterocycles. The van der Waals surface area contributed by atoms with Gasteiger partial charge in [0.15, 0.2) is 5.13 Å². The van der Waals surface area contributed by atoms with Crippen LogP contribution in [0.4, 0.5) is 9.93 Å². The number of amides is 2. The molecule has 10 heteroatoms. The van der Waals surface area contributed by atoms with Crippen molar-refractivity contribution in [3.05, 3.63) is 21.1 Å². The van der Waals surface area contributed by atoms with Gasteiger partial charge in [0, 0.05) is 17.8 Å². The number of hydrogen-bond donors (Lipinski definition) is 1. The van der Waals surface area contributed by atoms with Gasteiger partial charge in [0.25, 0.3) is 5.91 Å². The van der Waals surface area contributed by atoms with Crippen LogP contribution in [0.5, 0.6) is 0 Å². The highest BCUT2D eigenvalue weighted by molar-refractivity contribution is 7.15. The topological polar surface area (TPSA) is 97.3 Å². The number of thiazole rings is 1. The van der Waals surface area contributed by atoms with Gasteiger partial charge in [0.05, 0.1) is 24.5 Å². The number of anilines is 1. The van der Waals surface area contributed by atoms with E-state index in [-0.39, 0.29) is 5.91 Å². The van der Waals surface area contributed by atoms with Crippen molar-refractivity contribution in [2.75, 3.05) is 18.5 Å². The molecule has 0 aliphatic carbocycles. The zero-order valence-electron chi connectivity index (χ0n) is 14.1. The second-order valence-corrected chi connectivity index (χ2v) is 7.35. The summed E-state index contributed by atoms with van der Waals surface area (Å²) in [4.78, 5) is 32.1. The summed E-state index contributed by atoms with van der Waals surface area (Å²) in [6.45, 7) is 5.19. The second-order valence-electron chi connectivity index (χ2n) is 5.51. The highest BCUT2D eigenvalue weighted by Gasteiger charge is 2.28. The van der Waals surface area contributed by atoms with Crippen LogP contribution in [0.25, 0.3) is 0 Å². The van der Waals surface area contributed by atoms with E-state index in [4.69, 9.17) is 4.74 Å². The second kappa shape index (κ2) is 7.87. The first-order chi connectivity index (χ1) is 12.1. The van der Waals surface area contributed by atoms with Crippen LogP contribution in [-0.2, 0) is 24.1 Å². The van der Waals surface area contributed by atoms with Crippen molar-refractivity contribution in [3.8, 4) is 0 Å². The number of carbonyl (C=O) groups is 2. The van der Waals surface area contributed by atoms with Crippen LogP contribution in [0.15, 0.2) is 0 Å². The molecule has 0 unspecified atom stereocenters. The van der Waals surface area contributed by atoms with Crippen LogP contribution in [0, 0.1) is 0 Å². The minimum absolute atomic E-state index is 0.0302. The van der Waals surface area contributed by atoms with E-state index in [1.54, 1.807) is 11.8 Å². The van der Waals surface area contributed by atoms with E-state index in [9.17, 15) is 9.59 Å². The van der Waals surface area contributed by atoms with Gasteiger partial charge in [0.1, 0.15) is 4.88 Å². The molecule has 134 valence electrons. The maximum Gasteiger partial charge on any atom is 0.413 e. The molecule has 1 aliphatic rings. The van der Waals surface area contributed by atoms with E-state index >= 15 is 0 Å². The molecule has 2 amide bonds. The fraction of sp³-hybridized carbons (Fsp3) is 0.533. The quantitative estimate of drug-likeness (QED) is 0.855. The van der Waals surface area contributed by atoms with Crippen LogP contribution >= 0.6 is 22.9 Å². The lowest BCUT2D eigenvalue weighted by Crippen LogP contribution is -2.35. The molecule has 2 aromatic rings. The highest BCUT2D eigenvalue weighted by atomic mass is 32.1. The Morgan fingerprint density at radius 2 is 2.20 bits per heavy atom. The lowest BCUT2D eigenvalue weighted by atomic mass is 10.1. The Morgan fingerprint density at radius 3 is 2.96 bits per heavy atom. The van der Waals surface area contributed by atoms with Gasteiger partial charge in [-0.25, -0.2) is 9.78 Å². The minimum Gasteiger partial charge on any atom is -0.450 e. The number of nitrogens with zero attached hydrogens (tertiary/aromatic N) is 4. The number of ether oxygens (including phenoxy) is 1. The number of nitrogens with one attached hydrogen (secondary N) is 1. The van der Waals surface area contributed by atoms with Gasteiger partial charge in [-0.3, -0.25) is 10.1 Å². The minimum atomic E-state index is -0.513. The van der Waals surface area contributed by atoms with Crippen LogP contribution in [-0.4, -0.2) is 44.6 Å². The van der Waals surface area contributed by atoms with E-state index in [1.807, 2.05) is 0 Å². The molecule has 0 spiro atoms. The summed E-state index contributed by atoms with van der Waals surface area (Å²) >= 11 is 2.53. The molecule has 1 N–H and O–H groups in total. The molecular weight excluding hydrogens is 362 g/mol. The number of aryl methyl sites for hydroxylation is 1. The molecule has 0 radical (unpaired) electrons. The Morgan fingerprint density at radius 1 is 1.36 bits per heavy atom. The van der Waals surface area contributed by atoms with Crippen LogP contribution in [0.2, 0.25) is 0 Å². The maximum atomic E-state index is 12.8. The first-order valence-corrected chi connectivity index (χ1v) is 9.74. The van der Waals surface area contributed by atoms with Crippen molar-refractivity contribution in [2.24, 2.45) is 0 Å². The average Bonchev–Trinajstić information content (AvgIpc) is 3.20. The lowest BCUT2D eigenvalue weighted by Gasteiger charge is -2.25. The summed E-state index contributed by atoms with van der Waals surface area (Å²) in [6, 6.07) is 0. The van der Waals surface area contributed by atoms with Gasteiger partial charge in [-0.1, -0.05) is 29.2 Å². The average molecular weight is 381 g/mol. The van der Waals surface area contributed by atoms with Crippen molar-refractivity contribution >= 4 is 40.0 Å². The Labute approximate surface area is 153 Å². The molecule has 8 nitrogen and oxygen atoms in total. The number of hydrogen-bond acceptors (Lipinski definition) is 8. The van der Waals surface area contributed by atoms with Crippen molar-refractivity contribution < 1.29 is 14.3 Å². The third-order valence-corrected chi connectivity index (χ3v) is 5.49. The molecule has 1 aliphatic heterocycles. The number of rotatable bonds is 5. The SMILES string of the molecule is CCCc1nnsc1C(=O)N1CCc2nc(NC(=O)OCC)sc2C1. The molecule has 2 aromatic heterocycles. The Hall–Kier alpha value is -2.07. The third-order valence-electron chi connectivity index (χ3n) is 3.74. The molecular formula is C15H19N5O3S2. The summed E-state index contributed by atoms with van der Waals surface area (Å²) in [5, 5.41) is 7.20.